The van der Waals surface area contributed by atoms with Crippen LogP contribution in [-0.2, 0) is 9.84 Å². The van der Waals surface area contributed by atoms with Crippen LogP contribution in [0.25, 0.3) is 44.5 Å². The van der Waals surface area contributed by atoms with Crippen molar-refractivity contribution in [3.05, 3.63) is 121 Å². The molecule has 3 nitrogen and oxygen atoms in total. The van der Waals surface area contributed by atoms with Gasteiger partial charge >= 0.3 is 0 Å². The molecule has 34 heavy (non-hydrogen) atoms. The van der Waals surface area contributed by atoms with Crippen molar-refractivity contribution in [2.75, 3.05) is 0 Å². The Hall–Kier alpha value is -4.15. The van der Waals surface area contributed by atoms with Gasteiger partial charge in [-0.3, -0.25) is 0 Å². The molecule has 0 bridgehead atoms. The molecule has 4 aromatic rings. The first-order valence-electron chi connectivity index (χ1n) is 11.0. The van der Waals surface area contributed by atoms with E-state index in [1.165, 1.54) is 0 Å². The molecule has 4 aromatic carbocycles. The highest BCUT2D eigenvalue weighted by Gasteiger charge is 2.36. The van der Waals surface area contributed by atoms with Crippen LogP contribution in [0.4, 0.5) is 0 Å². The normalized spacial score (nSPS) is 11.8. The van der Waals surface area contributed by atoms with Crippen LogP contribution in [0, 0.1) is 0 Å². The molecule has 0 unspecified atom stereocenters. The van der Waals surface area contributed by atoms with Gasteiger partial charge in [0.25, 0.3) is 0 Å². The standard InChI is InChI=1S/C30H20O3S/c31-34(32,24-17-8-3-9-18-24)30-28(22-14-6-2-7-15-22)27(21-12-4-1-5-13-21)25-20-23-16-10-11-19-26(23)33-29(25)30/h1-20H. The monoisotopic (exact) mass is 460 g/mol. The Balaban J connectivity index is 1.84. The molecule has 1 aliphatic heterocycles. The first-order chi connectivity index (χ1) is 16.6. The lowest BCUT2D eigenvalue weighted by molar-refractivity contribution is 0.582. The van der Waals surface area contributed by atoms with E-state index < -0.39 is 9.84 Å². The molecular formula is C30H20O3S. The molecule has 0 saturated heterocycles. The van der Waals surface area contributed by atoms with Crippen LogP contribution in [-0.4, -0.2) is 8.42 Å². The fourth-order valence-corrected chi connectivity index (χ4v) is 6.19. The maximum absolute atomic E-state index is 14.2. The molecule has 4 heteroatoms. The number of para-hydroxylation sites is 1. The van der Waals surface area contributed by atoms with Crippen molar-refractivity contribution in [2.45, 2.75) is 9.79 Å². The van der Waals surface area contributed by atoms with Gasteiger partial charge in [-0.15, -0.1) is 0 Å². The van der Waals surface area contributed by atoms with Gasteiger partial charge in [-0.1, -0.05) is 97.1 Å². The van der Waals surface area contributed by atoms with E-state index in [0.29, 0.717) is 16.9 Å². The van der Waals surface area contributed by atoms with Gasteiger partial charge in [-0.25, -0.2) is 8.42 Å². The Morgan fingerprint density at radius 2 is 1.09 bits per heavy atom. The van der Waals surface area contributed by atoms with Crippen molar-refractivity contribution in [3.63, 3.8) is 0 Å². The Morgan fingerprint density at radius 1 is 0.559 bits per heavy atom. The maximum atomic E-state index is 14.2. The highest BCUT2D eigenvalue weighted by molar-refractivity contribution is 7.91. The second-order valence-corrected chi connectivity index (χ2v) is 10.0. The Kier molecular flexibility index (Phi) is 4.82. The molecular weight excluding hydrogens is 440 g/mol. The molecule has 0 radical (unpaired) electrons. The van der Waals surface area contributed by atoms with E-state index in [0.717, 1.165) is 27.6 Å². The van der Waals surface area contributed by atoms with Crippen LogP contribution >= 0.6 is 0 Å². The number of hydrogen-bond donors (Lipinski definition) is 0. The lowest BCUT2D eigenvalue weighted by Crippen LogP contribution is -2.03. The summed E-state index contributed by atoms with van der Waals surface area (Å²) in [5, 5.41) is 0.917. The first kappa shape index (κ1) is 20.5. The van der Waals surface area contributed by atoms with Crippen LogP contribution in [0.2, 0.25) is 0 Å². The fraction of sp³-hybridized carbons (Fsp3) is 0. The van der Waals surface area contributed by atoms with E-state index >= 15 is 0 Å². The number of sulfone groups is 1. The largest absolute Gasteiger partial charge is 0.455 e. The molecule has 0 fully saturated rings. The van der Waals surface area contributed by atoms with E-state index in [1.54, 1.807) is 24.3 Å². The van der Waals surface area contributed by atoms with Crippen molar-refractivity contribution >= 4 is 20.8 Å². The van der Waals surface area contributed by atoms with Crippen molar-refractivity contribution in [2.24, 2.45) is 0 Å². The summed E-state index contributed by atoms with van der Waals surface area (Å²) >= 11 is 0. The zero-order valence-electron chi connectivity index (χ0n) is 18.2. The molecule has 0 amide bonds. The summed E-state index contributed by atoms with van der Waals surface area (Å²) in [5.41, 5.74) is 4.69. The van der Waals surface area contributed by atoms with Gasteiger partial charge in [0.05, 0.1) is 4.90 Å². The average Bonchev–Trinajstić information content (AvgIpc) is 3.23. The Bertz CT molecular complexity index is 1680. The number of fused-ring (bicyclic) bond motifs is 2. The predicted molar refractivity (Wildman–Crippen MR) is 136 cm³/mol. The molecule has 0 N–H and O–H groups in total. The van der Waals surface area contributed by atoms with Crippen molar-refractivity contribution in [1.82, 2.24) is 0 Å². The van der Waals surface area contributed by atoms with Gasteiger partial charge < -0.3 is 4.42 Å². The highest BCUT2D eigenvalue weighted by Crippen LogP contribution is 2.52. The van der Waals surface area contributed by atoms with Gasteiger partial charge in [0.1, 0.15) is 10.5 Å². The third-order valence-corrected chi connectivity index (χ3v) is 7.90. The number of benzene rings is 4. The quantitative estimate of drug-likeness (QED) is 0.271. The van der Waals surface area contributed by atoms with Crippen molar-refractivity contribution < 1.29 is 12.8 Å². The second-order valence-electron chi connectivity index (χ2n) is 8.15. The van der Waals surface area contributed by atoms with E-state index in [9.17, 15) is 8.42 Å². The molecule has 6 rings (SSSR count). The van der Waals surface area contributed by atoms with Crippen LogP contribution in [0.5, 0.6) is 0 Å². The first-order valence-corrected chi connectivity index (χ1v) is 12.5. The minimum atomic E-state index is -3.89. The molecule has 2 aliphatic rings. The van der Waals surface area contributed by atoms with Gasteiger partial charge in [-0.2, -0.15) is 0 Å². The van der Waals surface area contributed by atoms with Crippen molar-refractivity contribution in [3.8, 4) is 33.6 Å². The average molecular weight is 461 g/mol. The van der Waals surface area contributed by atoms with Crippen molar-refractivity contribution in [1.29, 1.82) is 0 Å². The number of rotatable bonds is 4. The summed E-state index contributed by atoms with van der Waals surface area (Å²) in [4.78, 5) is 0.437. The van der Waals surface area contributed by atoms with E-state index in [4.69, 9.17) is 4.42 Å². The molecule has 0 aromatic heterocycles. The zero-order valence-corrected chi connectivity index (χ0v) is 19.0. The SMILES string of the molecule is O=S(=O)(c1ccccc1)c1c2oc3ccccc3cc-2c(-c2ccccc2)c1-c1ccccc1. The van der Waals surface area contributed by atoms with E-state index in [2.05, 4.69) is 0 Å². The summed E-state index contributed by atoms with van der Waals surface area (Å²) in [6, 6.07) is 37.9. The van der Waals surface area contributed by atoms with Gasteiger partial charge in [0.2, 0.25) is 9.84 Å². The zero-order chi connectivity index (χ0) is 23.1. The lowest BCUT2D eigenvalue weighted by Gasteiger charge is -2.10. The minimum Gasteiger partial charge on any atom is -0.455 e. The number of hydrogen-bond acceptors (Lipinski definition) is 3. The van der Waals surface area contributed by atoms with Gasteiger partial charge in [-0.05, 0) is 35.4 Å². The lowest BCUT2D eigenvalue weighted by atomic mass is 9.96. The highest BCUT2D eigenvalue weighted by atomic mass is 32.2. The smallest absolute Gasteiger partial charge is 0.210 e. The summed E-state index contributed by atoms with van der Waals surface area (Å²) < 4.78 is 34.7. The molecule has 1 aliphatic carbocycles. The molecule has 0 atom stereocenters. The summed E-state index contributed by atoms with van der Waals surface area (Å²) in [6.45, 7) is 0. The second kappa shape index (κ2) is 8.01. The Labute approximate surface area is 198 Å². The third-order valence-electron chi connectivity index (χ3n) is 6.08. The summed E-state index contributed by atoms with van der Waals surface area (Å²) in [5.74, 6) is 0.375. The summed E-state index contributed by atoms with van der Waals surface area (Å²) in [7, 11) is -3.89. The third kappa shape index (κ3) is 3.23. The van der Waals surface area contributed by atoms with Gasteiger partial charge in [0.15, 0.2) is 5.76 Å². The Morgan fingerprint density at radius 3 is 1.74 bits per heavy atom. The maximum Gasteiger partial charge on any atom is 0.210 e. The molecule has 164 valence electrons. The van der Waals surface area contributed by atoms with Gasteiger partial charge in [0, 0.05) is 22.1 Å². The van der Waals surface area contributed by atoms with Crippen LogP contribution in [0.15, 0.2) is 136 Å². The topological polar surface area (TPSA) is 47.3 Å². The van der Waals surface area contributed by atoms with E-state index in [1.807, 2.05) is 97.1 Å². The van der Waals surface area contributed by atoms with Crippen LogP contribution in [0.1, 0.15) is 0 Å². The van der Waals surface area contributed by atoms with E-state index in [-0.39, 0.29) is 9.79 Å². The minimum absolute atomic E-state index is 0.199. The molecule has 1 heterocycles. The van der Waals surface area contributed by atoms with Crippen LogP contribution < -0.4 is 0 Å². The predicted octanol–water partition coefficient (Wildman–Crippen LogP) is 7.70. The van der Waals surface area contributed by atoms with Crippen LogP contribution in [0.3, 0.4) is 0 Å². The molecule has 0 saturated carbocycles. The summed E-state index contributed by atoms with van der Waals surface area (Å²) in [6.07, 6.45) is 0. The molecule has 0 spiro atoms. The fourth-order valence-electron chi connectivity index (χ4n) is 4.55.